The van der Waals surface area contributed by atoms with E-state index in [2.05, 4.69) is 15.3 Å². The Hall–Kier alpha value is -2.68. The van der Waals surface area contributed by atoms with E-state index in [0.29, 0.717) is 30.9 Å². The summed E-state index contributed by atoms with van der Waals surface area (Å²) < 4.78 is 16.9. The van der Waals surface area contributed by atoms with Crippen molar-refractivity contribution in [2.45, 2.75) is 18.1 Å². The average Bonchev–Trinajstić information content (AvgIpc) is 3.21. The van der Waals surface area contributed by atoms with Gasteiger partial charge in [0.15, 0.2) is 11.0 Å². The highest BCUT2D eigenvalue weighted by atomic mass is 32.2. The summed E-state index contributed by atoms with van der Waals surface area (Å²) in [5.74, 6) is 0.222. The zero-order valence-corrected chi connectivity index (χ0v) is 16.1. The number of halogens is 1. The summed E-state index contributed by atoms with van der Waals surface area (Å²) in [6.07, 6.45) is 2.66. The maximum absolute atomic E-state index is 13.1. The fourth-order valence-corrected chi connectivity index (χ4v) is 3.90. The SMILES string of the molecule is CSc1nnc(-c2nn(C)c3c2CN(C(=O)c2ccc(F)cc2)CC3)n1C. The highest BCUT2D eigenvalue weighted by molar-refractivity contribution is 7.98. The zero-order chi connectivity index (χ0) is 19.1. The molecular weight excluding hydrogens is 367 g/mol. The quantitative estimate of drug-likeness (QED) is 0.646. The molecule has 1 aliphatic heterocycles. The van der Waals surface area contributed by atoms with Crippen LogP contribution in [0.2, 0.25) is 0 Å². The Morgan fingerprint density at radius 3 is 2.59 bits per heavy atom. The number of carbonyl (C=O) groups is 1. The van der Waals surface area contributed by atoms with Gasteiger partial charge >= 0.3 is 0 Å². The maximum atomic E-state index is 13.1. The summed E-state index contributed by atoms with van der Waals surface area (Å²) >= 11 is 1.52. The third-order valence-corrected chi connectivity index (χ3v) is 5.57. The second-order valence-corrected chi connectivity index (χ2v) is 7.22. The van der Waals surface area contributed by atoms with Crippen molar-refractivity contribution in [1.82, 2.24) is 29.4 Å². The van der Waals surface area contributed by atoms with Crippen LogP contribution in [-0.2, 0) is 27.1 Å². The normalized spacial score (nSPS) is 13.7. The monoisotopic (exact) mass is 386 g/mol. The van der Waals surface area contributed by atoms with Crippen LogP contribution in [0.5, 0.6) is 0 Å². The van der Waals surface area contributed by atoms with E-state index in [4.69, 9.17) is 0 Å². The molecule has 0 radical (unpaired) electrons. The Bertz CT molecular complexity index is 1010. The van der Waals surface area contributed by atoms with Crippen molar-refractivity contribution in [3.8, 4) is 11.5 Å². The molecule has 2 aromatic heterocycles. The van der Waals surface area contributed by atoms with E-state index in [-0.39, 0.29) is 11.7 Å². The highest BCUT2D eigenvalue weighted by Crippen LogP contribution is 2.30. The lowest BCUT2D eigenvalue weighted by Crippen LogP contribution is -2.36. The molecule has 140 valence electrons. The molecule has 0 spiro atoms. The van der Waals surface area contributed by atoms with E-state index in [1.54, 1.807) is 4.90 Å². The van der Waals surface area contributed by atoms with Gasteiger partial charge in [0.2, 0.25) is 0 Å². The minimum atomic E-state index is -0.353. The first-order valence-electron chi connectivity index (χ1n) is 8.53. The number of aromatic nitrogens is 5. The summed E-state index contributed by atoms with van der Waals surface area (Å²) in [6.45, 7) is 1.03. The van der Waals surface area contributed by atoms with E-state index >= 15 is 0 Å². The van der Waals surface area contributed by atoms with Gasteiger partial charge in [-0.2, -0.15) is 5.10 Å². The first kappa shape index (κ1) is 17.7. The molecule has 0 saturated heterocycles. The Labute approximate surface area is 160 Å². The number of fused-ring (bicyclic) bond motifs is 1. The van der Waals surface area contributed by atoms with Crippen molar-refractivity contribution in [2.75, 3.05) is 12.8 Å². The second kappa shape index (κ2) is 6.80. The van der Waals surface area contributed by atoms with Gasteiger partial charge in [-0.25, -0.2) is 4.39 Å². The third kappa shape index (κ3) is 3.01. The van der Waals surface area contributed by atoms with Crippen LogP contribution in [0, 0.1) is 5.82 Å². The topological polar surface area (TPSA) is 68.8 Å². The molecule has 0 bridgehead atoms. The van der Waals surface area contributed by atoms with Gasteiger partial charge in [0.05, 0.1) is 6.54 Å². The second-order valence-electron chi connectivity index (χ2n) is 6.45. The van der Waals surface area contributed by atoms with Crippen molar-refractivity contribution in [3.63, 3.8) is 0 Å². The van der Waals surface area contributed by atoms with Crippen LogP contribution in [0.1, 0.15) is 21.6 Å². The van der Waals surface area contributed by atoms with Gasteiger partial charge in [0, 0.05) is 43.9 Å². The van der Waals surface area contributed by atoms with E-state index in [1.807, 2.05) is 29.6 Å². The summed E-state index contributed by atoms with van der Waals surface area (Å²) in [5, 5.41) is 13.9. The molecular formula is C18H19FN6OS. The average molecular weight is 386 g/mol. The maximum Gasteiger partial charge on any atom is 0.254 e. The molecule has 0 fully saturated rings. The molecule has 0 saturated carbocycles. The molecule has 27 heavy (non-hydrogen) atoms. The van der Waals surface area contributed by atoms with Gasteiger partial charge in [-0.3, -0.25) is 9.48 Å². The van der Waals surface area contributed by atoms with Crippen molar-refractivity contribution in [2.24, 2.45) is 14.1 Å². The zero-order valence-electron chi connectivity index (χ0n) is 15.3. The molecule has 9 heteroatoms. The molecule has 0 N–H and O–H groups in total. The Kier molecular flexibility index (Phi) is 4.47. The Balaban J connectivity index is 1.68. The van der Waals surface area contributed by atoms with E-state index in [9.17, 15) is 9.18 Å². The fourth-order valence-electron chi connectivity index (χ4n) is 3.42. The van der Waals surface area contributed by atoms with Crippen molar-refractivity contribution < 1.29 is 9.18 Å². The first-order chi connectivity index (χ1) is 13.0. The number of benzene rings is 1. The van der Waals surface area contributed by atoms with Crippen LogP contribution in [0.15, 0.2) is 29.4 Å². The minimum absolute atomic E-state index is 0.113. The lowest BCUT2D eigenvalue weighted by atomic mass is 10.0. The summed E-state index contributed by atoms with van der Waals surface area (Å²) in [4.78, 5) is 14.6. The number of nitrogens with zero attached hydrogens (tertiary/aromatic N) is 6. The molecule has 4 rings (SSSR count). The van der Waals surface area contributed by atoms with E-state index < -0.39 is 0 Å². The molecule has 1 aromatic carbocycles. The van der Waals surface area contributed by atoms with Crippen LogP contribution in [-0.4, -0.2) is 48.2 Å². The Morgan fingerprint density at radius 2 is 1.93 bits per heavy atom. The predicted octanol–water partition coefficient (Wildman–Crippen LogP) is 2.28. The minimum Gasteiger partial charge on any atom is -0.334 e. The van der Waals surface area contributed by atoms with Gasteiger partial charge in [-0.15, -0.1) is 10.2 Å². The van der Waals surface area contributed by atoms with Crippen molar-refractivity contribution >= 4 is 17.7 Å². The van der Waals surface area contributed by atoms with E-state index in [1.165, 1.54) is 36.0 Å². The number of amides is 1. The fraction of sp³-hybridized carbons (Fsp3) is 0.333. The van der Waals surface area contributed by atoms with Crippen molar-refractivity contribution in [3.05, 3.63) is 46.9 Å². The third-order valence-electron chi connectivity index (χ3n) is 4.85. The molecule has 3 heterocycles. The summed E-state index contributed by atoms with van der Waals surface area (Å²) in [7, 11) is 3.82. The van der Waals surface area contributed by atoms with Gasteiger partial charge in [0.25, 0.3) is 5.91 Å². The molecule has 3 aromatic rings. The van der Waals surface area contributed by atoms with Gasteiger partial charge in [-0.1, -0.05) is 11.8 Å². The smallest absolute Gasteiger partial charge is 0.254 e. The molecule has 0 atom stereocenters. The number of rotatable bonds is 3. The van der Waals surface area contributed by atoms with Gasteiger partial charge in [-0.05, 0) is 30.5 Å². The van der Waals surface area contributed by atoms with Gasteiger partial charge < -0.3 is 9.47 Å². The number of hydrogen-bond acceptors (Lipinski definition) is 5. The highest BCUT2D eigenvalue weighted by Gasteiger charge is 2.29. The van der Waals surface area contributed by atoms with Crippen LogP contribution < -0.4 is 0 Å². The van der Waals surface area contributed by atoms with Crippen LogP contribution in [0.25, 0.3) is 11.5 Å². The lowest BCUT2D eigenvalue weighted by Gasteiger charge is -2.27. The lowest BCUT2D eigenvalue weighted by molar-refractivity contribution is 0.0733. The standard InChI is InChI=1S/C18H19FN6OS/c1-23-16(20-21-18(23)27-3)15-13-10-25(9-8-14(13)24(2)22-15)17(26)11-4-6-12(19)7-5-11/h4-7H,8-10H2,1-3H3. The van der Waals surface area contributed by atoms with Crippen LogP contribution in [0.3, 0.4) is 0 Å². The number of carbonyl (C=O) groups excluding carboxylic acids is 1. The first-order valence-corrected chi connectivity index (χ1v) is 9.75. The molecule has 0 unspecified atom stereocenters. The van der Waals surface area contributed by atoms with Gasteiger partial charge in [0.1, 0.15) is 11.5 Å². The van der Waals surface area contributed by atoms with E-state index in [0.717, 1.165) is 22.1 Å². The van der Waals surface area contributed by atoms with Crippen LogP contribution in [0.4, 0.5) is 4.39 Å². The summed E-state index contributed by atoms with van der Waals surface area (Å²) in [6, 6.07) is 5.65. The molecule has 0 aliphatic carbocycles. The number of aryl methyl sites for hydroxylation is 1. The molecule has 1 aliphatic rings. The molecule has 7 nitrogen and oxygen atoms in total. The van der Waals surface area contributed by atoms with Crippen LogP contribution >= 0.6 is 11.8 Å². The Morgan fingerprint density at radius 1 is 1.19 bits per heavy atom. The predicted molar refractivity (Wildman–Crippen MR) is 99.8 cm³/mol. The largest absolute Gasteiger partial charge is 0.334 e. The number of hydrogen-bond donors (Lipinski definition) is 0. The number of thioether (sulfide) groups is 1. The molecule has 1 amide bonds. The summed E-state index contributed by atoms with van der Waals surface area (Å²) in [5.41, 5.74) is 3.32. The van der Waals surface area contributed by atoms with Crippen molar-refractivity contribution in [1.29, 1.82) is 0 Å².